The number of alkyl halides is 3. The van der Waals surface area contributed by atoms with Crippen molar-refractivity contribution in [3.63, 3.8) is 0 Å². The number of hydrogen-bond donors (Lipinski definition) is 2. The van der Waals surface area contributed by atoms with Gasteiger partial charge >= 0.3 is 6.18 Å². The maximum Gasteiger partial charge on any atom is 0.419 e. The summed E-state index contributed by atoms with van der Waals surface area (Å²) in [6.45, 7) is -0.185. The van der Waals surface area contributed by atoms with Crippen molar-refractivity contribution in [2.45, 2.75) is 56.2 Å². The van der Waals surface area contributed by atoms with Crippen LogP contribution in [-0.2, 0) is 12.7 Å². The van der Waals surface area contributed by atoms with Crippen LogP contribution in [0.15, 0.2) is 60.7 Å². The molecule has 196 valence electrons. The lowest BCUT2D eigenvalue weighted by Gasteiger charge is -2.51. The molecule has 1 amide bonds. The van der Waals surface area contributed by atoms with E-state index in [0.29, 0.717) is 54.0 Å². The van der Waals surface area contributed by atoms with E-state index < -0.39 is 41.2 Å². The number of hydrogen-bond acceptors (Lipinski definition) is 4. The standard InChI is InChI=1S/C29H24F4N2O3/c30-24-13-17(7-10-23(24)29(31,32)33)16-35-26(36)21-9-8-18(20-6-2-1-5-19(20)15-34)14-22(21)25(27(37)38)28(35)11-3-4-12-28/h1-2,5-10,13-14,25,27,37-38H,3-4,11-12,16H2. The Morgan fingerprint density at radius 2 is 1.74 bits per heavy atom. The van der Waals surface area contributed by atoms with Crippen LogP contribution >= 0.6 is 0 Å². The topological polar surface area (TPSA) is 84.6 Å². The molecular weight excluding hydrogens is 500 g/mol. The summed E-state index contributed by atoms with van der Waals surface area (Å²) in [4.78, 5) is 15.3. The summed E-state index contributed by atoms with van der Waals surface area (Å²) in [5.74, 6) is -2.76. The lowest BCUT2D eigenvalue weighted by Crippen LogP contribution is -2.59. The Balaban J connectivity index is 1.62. The number of carbonyl (C=O) groups is 1. The zero-order valence-electron chi connectivity index (χ0n) is 20.2. The molecule has 3 aromatic rings. The predicted molar refractivity (Wildman–Crippen MR) is 130 cm³/mol. The van der Waals surface area contributed by atoms with Crippen molar-refractivity contribution >= 4 is 5.91 Å². The van der Waals surface area contributed by atoms with E-state index in [2.05, 4.69) is 6.07 Å². The molecule has 1 saturated carbocycles. The molecule has 0 aromatic heterocycles. The SMILES string of the molecule is N#Cc1ccccc1-c1ccc2c(c1)C(C(O)O)C1(CCCC1)N(Cc1ccc(C(F)(F)F)c(F)c1)C2=O. The van der Waals surface area contributed by atoms with Crippen LogP contribution in [-0.4, -0.2) is 32.8 Å². The van der Waals surface area contributed by atoms with Crippen molar-refractivity contribution in [1.82, 2.24) is 4.90 Å². The minimum absolute atomic E-state index is 0.171. The fourth-order valence-electron chi connectivity index (χ4n) is 6.12. The third-order valence-corrected chi connectivity index (χ3v) is 7.78. The van der Waals surface area contributed by atoms with Crippen LogP contribution < -0.4 is 0 Å². The van der Waals surface area contributed by atoms with Crippen LogP contribution in [0, 0.1) is 17.1 Å². The number of aliphatic hydroxyl groups is 2. The number of nitriles is 1. The van der Waals surface area contributed by atoms with E-state index in [9.17, 15) is 37.8 Å². The Bertz CT molecular complexity index is 1440. The number of amides is 1. The van der Waals surface area contributed by atoms with Gasteiger partial charge in [-0.1, -0.05) is 43.2 Å². The summed E-state index contributed by atoms with van der Waals surface area (Å²) >= 11 is 0. The average molecular weight is 525 g/mol. The Morgan fingerprint density at radius 1 is 1.03 bits per heavy atom. The lowest BCUT2D eigenvalue weighted by molar-refractivity contribution is -0.140. The molecule has 5 nitrogen and oxygen atoms in total. The predicted octanol–water partition coefficient (Wildman–Crippen LogP) is 5.75. The molecule has 38 heavy (non-hydrogen) atoms. The van der Waals surface area contributed by atoms with Crippen LogP contribution in [0.2, 0.25) is 0 Å². The van der Waals surface area contributed by atoms with Gasteiger partial charge in [-0.15, -0.1) is 0 Å². The molecule has 2 N–H and O–H groups in total. The van der Waals surface area contributed by atoms with E-state index in [1.54, 1.807) is 42.5 Å². The largest absolute Gasteiger partial charge is 0.419 e. The van der Waals surface area contributed by atoms with Crippen LogP contribution in [0.1, 0.15) is 64.2 Å². The molecule has 0 bridgehead atoms. The second-order valence-electron chi connectivity index (χ2n) is 9.86. The molecule has 0 saturated heterocycles. The molecule has 2 aliphatic rings. The Labute approximate surface area is 216 Å². The first-order valence-electron chi connectivity index (χ1n) is 12.2. The molecule has 1 fully saturated rings. The van der Waals surface area contributed by atoms with Crippen molar-refractivity contribution in [1.29, 1.82) is 5.26 Å². The van der Waals surface area contributed by atoms with Gasteiger partial charge in [0.15, 0.2) is 6.29 Å². The zero-order valence-corrected chi connectivity index (χ0v) is 20.2. The third kappa shape index (κ3) is 4.24. The zero-order chi connectivity index (χ0) is 27.2. The average Bonchev–Trinajstić information content (AvgIpc) is 3.35. The number of fused-ring (bicyclic) bond motifs is 1. The van der Waals surface area contributed by atoms with Crippen molar-refractivity contribution in [3.05, 3.63) is 94.3 Å². The minimum atomic E-state index is -4.84. The molecule has 1 heterocycles. The van der Waals surface area contributed by atoms with Gasteiger partial charge in [-0.05, 0) is 65.4 Å². The number of rotatable bonds is 4. The van der Waals surface area contributed by atoms with Crippen LogP contribution in [0.5, 0.6) is 0 Å². The van der Waals surface area contributed by atoms with Gasteiger partial charge in [0, 0.05) is 12.1 Å². The van der Waals surface area contributed by atoms with Crippen molar-refractivity contribution in [2.75, 3.05) is 0 Å². The monoisotopic (exact) mass is 524 g/mol. The smallest absolute Gasteiger partial charge is 0.368 e. The minimum Gasteiger partial charge on any atom is -0.368 e. The first-order chi connectivity index (χ1) is 18.1. The number of benzene rings is 3. The number of halogens is 4. The van der Waals surface area contributed by atoms with E-state index in [-0.39, 0.29) is 17.7 Å². The second-order valence-corrected chi connectivity index (χ2v) is 9.86. The van der Waals surface area contributed by atoms with Crippen LogP contribution in [0.25, 0.3) is 11.1 Å². The summed E-state index contributed by atoms with van der Waals surface area (Å²) < 4.78 is 53.6. The fourth-order valence-corrected chi connectivity index (χ4v) is 6.12. The molecule has 1 atom stereocenters. The molecule has 1 spiro atoms. The molecule has 9 heteroatoms. The molecule has 1 aliphatic carbocycles. The van der Waals surface area contributed by atoms with Gasteiger partial charge in [0.2, 0.25) is 0 Å². The van der Waals surface area contributed by atoms with Crippen molar-refractivity contribution in [3.8, 4) is 17.2 Å². The van der Waals surface area contributed by atoms with Gasteiger partial charge in [0.05, 0.1) is 28.7 Å². The highest BCUT2D eigenvalue weighted by Gasteiger charge is 2.55. The Morgan fingerprint density at radius 3 is 2.37 bits per heavy atom. The van der Waals surface area contributed by atoms with Crippen molar-refractivity contribution < 1.29 is 32.6 Å². The van der Waals surface area contributed by atoms with Gasteiger partial charge in [-0.25, -0.2) is 4.39 Å². The molecule has 3 aromatic carbocycles. The van der Waals surface area contributed by atoms with Crippen LogP contribution in [0.4, 0.5) is 17.6 Å². The van der Waals surface area contributed by atoms with Gasteiger partial charge < -0.3 is 15.1 Å². The first kappa shape index (κ1) is 25.9. The van der Waals surface area contributed by atoms with E-state index in [4.69, 9.17) is 0 Å². The summed E-state index contributed by atoms with van der Waals surface area (Å²) in [5.41, 5.74) is 0.135. The van der Waals surface area contributed by atoms with Crippen LogP contribution in [0.3, 0.4) is 0 Å². The van der Waals surface area contributed by atoms with E-state index in [1.807, 2.05) is 0 Å². The number of aliphatic hydroxyl groups excluding tert-OH is 1. The Hall–Kier alpha value is -3.74. The fraction of sp³-hybridized carbons (Fsp3) is 0.310. The summed E-state index contributed by atoms with van der Waals surface area (Å²) in [6, 6.07) is 16.6. The number of nitrogens with zero attached hydrogens (tertiary/aromatic N) is 2. The molecule has 5 rings (SSSR count). The quantitative estimate of drug-likeness (QED) is 0.337. The molecule has 1 aliphatic heterocycles. The van der Waals surface area contributed by atoms with Gasteiger partial charge in [0.1, 0.15) is 5.82 Å². The van der Waals surface area contributed by atoms with Gasteiger partial charge in [-0.3, -0.25) is 4.79 Å². The normalized spacial score (nSPS) is 18.6. The van der Waals surface area contributed by atoms with E-state index in [1.165, 1.54) is 4.90 Å². The lowest BCUT2D eigenvalue weighted by atomic mass is 9.70. The molecule has 1 unspecified atom stereocenters. The summed E-state index contributed by atoms with van der Waals surface area (Å²) in [6.07, 6.45) is -4.37. The van der Waals surface area contributed by atoms with E-state index >= 15 is 0 Å². The second kappa shape index (κ2) is 9.53. The Kier molecular flexibility index (Phi) is 6.49. The van der Waals surface area contributed by atoms with Gasteiger partial charge in [-0.2, -0.15) is 18.4 Å². The highest BCUT2D eigenvalue weighted by molar-refractivity contribution is 5.99. The molecule has 0 radical (unpaired) electrons. The highest BCUT2D eigenvalue weighted by Crippen LogP contribution is 2.52. The van der Waals surface area contributed by atoms with E-state index in [0.717, 1.165) is 12.1 Å². The summed E-state index contributed by atoms with van der Waals surface area (Å²) in [7, 11) is 0. The number of carbonyl (C=O) groups excluding carboxylic acids is 1. The first-order valence-corrected chi connectivity index (χ1v) is 12.2. The van der Waals surface area contributed by atoms with Gasteiger partial charge in [0.25, 0.3) is 5.91 Å². The maximum absolute atomic E-state index is 14.4. The van der Waals surface area contributed by atoms with Crippen molar-refractivity contribution in [2.24, 2.45) is 0 Å². The molecular formula is C29H24F4N2O3. The maximum atomic E-state index is 14.4. The summed E-state index contributed by atoms with van der Waals surface area (Å²) in [5, 5.41) is 30.8. The third-order valence-electron chi connectivity index (χ3n) is 7.78. The highest BCUT2D eigenvalue weighted by atomic mass is 19.4.